The molecule has 8 heteroatoms. The summed E-state index contributed by atoms with van der Waals surface area (Å²) in [7, 11) is 0. The number of aliphatic hydroxyl groups is 2. The van der Waals surface area contributed by atoms with E-state index in [1.807, 2.05) is 41.5 Å². The summed E-state index contributed by atoms with van der Waals surface area (Å²) in [5.74, 6) is -6.48. The van der Waals surface area contributed by atoms with Crippen LogP contribution in [-0.2, 0) is 28.7 Å². The van der Waals surface area contributed by atoms with Crippen molar-refractivity contribution in [1.82, 2.24) is 0 Å². The van der Waals surface area contributed by atoms with Gasteiger partial charge in [0.2, 0.25) is 23.0 Å². The van der Waals surface area contributed by atoms with Crippen molar-refractivity contribution in [2.45, 2.75) is 113 Å². The summed E-state index contributed by atoms with van der Waals surface area (Å²) in [5.41, 5.74) is -5.11. The van der Waals surface area contributed by atoms with Gasteiger partial charge in [0.1, 0.15) is 11.5 Å². The van der Waals surface area contributed by atoms with Crippen LogP contribution >= 0.6 is 0 Å². The summed E-state index contributed by atoms with van der Waals surface area (Å²) < 4.78 is 6.99. The lowest BCUT2D eigenvalue weighted by atomic mass is 9.43. The number of carbonyl (C=O) groups is 5. The third kappa shape index (κ3) is 3.54. The average Bonchev–Trinajstić information content (AvgIpc) is 3.28. The Balaban J connectivity index is 1.72. The molecule has 7 rings (SSSR count). The molecule has 256 valence electrons. The smallest absolute Gasteiger partial charge is 0.233 e. The molecule has 0 saturated heterocycles. The Morgan fingerprint density at radius 3 is 1.67 bits per heavy atom. The highest BCUT2D eigenvalue weighted by atomic mass is 16.5. The molecule has 0 amide bonds. The largest absolute Gasteiger partial charge is 0.507 e. The van der Waals surface area contributed by atoms with Gasteiger partial charge in [-0.3, -0.25) is 24.0 Å². The predicted molar refractivity (Wildman–Crippen MR) is 177 cm³/mol. The molecule has 7 aliphatic rings. The molecular weight excluding hydrogens is 608 g/mol. The Bertz CT molecular complexity index is 1850. The van der Waals surface area contributed by atoms with Crippen LogP contribution in [-0.4, -0.2) is 44.7 Å². The van der Waals surface area contributed by atoms with Gasteiger partial charge in [0.15, 0.2) is 17.3 Å². The van der Waals surface area contributed by atoms with Crippen molar-refractivity contribution in [2.75, 3.05) is 0 Å². The number of aliphatic hydroxyl groups excluding tert-OH is 2. The van der Waals surface area contributed by atoms with E-state index in [1.165, 1.54) is 0 Å². The molecule has 5 atom stereocenters. The zero-order valence-corrected chi connectivity index (χ0v) is 29.9. The van der Waals surface area contributed by atoms with Crippen LogP contribution in [0.4, 0.5) is 0 Å². The fourth-order valence-electron chi connectivity index (χ4n) is 11.7. The Morgan fingerprint density at radius 2 is 1.12 bits per heavy atom. The van der Waals surface area contributed by atoms with E-state index in [2.05, 4.69) is 0 Å². The first kappa shape index (κ1) is 33.0. The van der Waals surface area contributed by atoms with E-state index < -0.39 is 85.6 Å². The monoisotopic (exact) mass is 656 g/mol. The summed E-state index contributed by atoms with van der Waals surface area (Å²) in [6.45, 7) is 18.7. The first-order chi connectivity index (χ1) is 22.1. The molecule has 0 aromatic heterocycles. The molecule has 0 aromatic rings. The highest BCUT2D eigenvalue weighted by molar-refractivity contribution is 6.51. The molecule has 2 N–H and O–H groups in total. The van der Waals surface area contributed by atoms with Crippen molar-refractivity contribution >= 4 is 28.9 Å². The highest BCUT2D eigenvalue weighted by Gasteiger charge is 2.75. The van der Waals surface area contributed by atoms with Crippen molar-refractivity contribution in [2.24, 2.45) is 45.3 Å². The van der Waals surface area contributed by atoms with E-state index >= 15 is 9.59 Å². The quantitative estimate of drug-likeness (QED) is 0.237. The van der Waals surface area contributed by atoms with Crippen molar-refractivity contribution in [1.29, 1.82) is 0 Å². The van der Waals surface area contributed by atoms with Crippen LogP contribution in [0.2, 0.25) is 0 Å². The van der Waals surface area contributed by atoms with Gasteiger partial charge >= 0.3 is 0 Å². The van der Waals surface area contributed by atoms with Gasteiger partial charge in [-0.1, -0.05) is 82.1 Å². The van der Waals surface area contributed by atoms with Gasteiger partial charge in [-0.05, 0) is 48.3 Å². The SMILES string of the molecule is CC(C)C1=C(O)C2=C(C(=O)C1=O)[C@@]1(C)CCCC(C)(C)[C@H]1C(=O)[C@@]21OC2=C(C(C)C)C(=O)C(O)=C3C2=C1C(=O)[C@H]1C(C)(C)CCC[C@]31C. The molecule has 0 bridgehead atoms. The number of Topliss-reactive ketones (excluding diaryl/α,β-unsaturated/α-hetero) is 5. The van der Waals surface area contributed by atoms with E-state index in [0.29, 0.717) is 37.7 Å². The third-order valence-corrected chi connectivity index (χ3v) is 13.3. The van der Waals surface area contributed by atoms with Gasteiger partial charge in [0, 0.05) is 50.5 Å². The van der Waals surface area contributed by atoms with Crippen LogP contribution in [0.15, 0.2) is 56.3 Å². The van der Waals surface area contributed by atoms with Gasteiger partial charge in [-0.25, -0.2) is 0 Å². The fraction of sp³-hybridized carbons (Fsp3) is 0.625. The second-order valence-corrected chi connectivity index (χ2v) is 17.9. The molecule has 1 heterocycles. The maximum atomic E-state index is 15.8. The second-order valence-electron chi connectivity index (χ2n) is 17.9. The molecule has 0 aromatic carbocycles. The fourth-order valence-corrected chi connectivity index (χ4v) is 11.7. The van der Waals surface area contributed by atoms with Gasteiger partial charge in [0.05, 0.1) is 11.1 Å². The highest BCUT2D eigenvalue weighted by Crippen LogP contribution is 2.71. The number of allylic oxidation sites excluding steroid dienone is 4. The number of hydrogen-bond donors (Lipinski definition) is 2. The molecule has 6 aliphatic carbocycles. The van der Waals surface area contributed by atoms with Gasteiger partial charge in [-0.2, -0.15) is 0 Å². The van der Waals surface area contributed by atoms with Crippen LogP contribution < -0.4 is 0 Å². The average molecular weight is 657 g/mol. The van der Waals surface area contributed by atoms with Crippen molar-refractivity contribution in [3.8, 4) is 0 Å². The molecule has 2 fully saturated rings. The summed E-state index contributed by atoms with van der Waals surface area (Å²) in [6.07, 6.45) is 3.81. The van der Waals surface area contributed by atoms with Crippen LogP contribution in [0.1, 0.15) is 108 Å². The van der Waals surface area contributed by atoms with Crippen molar-refractivity contribution in [3.05, 3.63) is 56.3 Å². The first-order valence-electron chi connectivity index (χ1n) is 17.7. The van der Waals surface area contributed by atoms with Crippen LogP contribution in [0.3, 0.4) is 0 Å². The summed E-state index contributed by atoms with van der Waals surface area (Å²) in [5, 5.41) is 24.2. The lowest BCUT2D eigenvalue weighted by Crippen LogP contribution is -2.65. The molecule has 48 heavy (non-hydrogen) atoms. The van der Waals surface area contributed by atoms with Gasteiger partial charge in [-0.15, -0.1) is 0 Å². The molecular formula is C40H48O8. The Kier molecular flexibility index (Phi) is 6.57. The molecule has 0 unspecified atom stereocenters. The molecule has 8 nitrogen and oxygen atoms in total. The predicted octanol–water partition coefficient (Wildman–Crippen LogP) is 7.10. The lowest BCUT2D eigenvalue weighted by Gasteiger charge is -2.58. The number of hydrogen-bond acceptors (Lipinski definition) is 8. The Labute approximate surface area is 282 Å². The molecule has 1 aliphatic heterocycles. The topological polar surface area (TPSA) is 135 Å². The zero-order chi connectivity index (χ0) is 35.4. The van der Waals surface area contributed by atoms with E-state index in [4.69, 9.17) is 4.74 Å². The number of carbonyl (C=O) groups excluding carboxylic acids is 5. The Morgan fingerprint density at radius 1 is 0.604 bits per heavy atom. The van der Waals surface area contributed by atoms with Crippen molar-refractivity contribution in [3.63, 3.8) is 0 Å². The number of ether oxygens (including phenoxy) is 1. The molecule has 2 saturated carbocycles. The van der Waals surface area contributed by atoms with E-state index in [9.17, 15) is 24.6 Å². The standard InChI is InChI=1S/C40H48O8/c1-17(2)19-26(41)25-24(30(45)27(19)42)39(10)16-12-14-37(7,8)34(39)35(47)40(25)23-21-22(29(44)28(43)20(18(3)4)32(21)48-40)38(9)15-11-13-36(5,6)33(38)31(23)46/h17-18,33-34,41,44H,11-16H2,1-10H3/t33-,34+,38+,39+,40-/m0/s1. The summed E-state index contributed by atoms with van der Waals surface area (Å²) >= 11 is 0. The molecule has 1 spiro atoms. The first-order valence-corrected chi connectivity index (χ1v) is 17.7. The van der Waals surface area contributed by atoms with E-state index in [-0.39, 0.29) is 45.0 Å². The number of rotatable bonds is 2. The minimum Gasteiger partial charge on any atom is -0.507 e. The summed E-state index contributed by atoms with van der Waals surface area (Å²) in [6, 6.07) is 0. The van der Waals surface area contributed by atoms with E-state index in [1.54, 1.807) is 27.7 Å². The maximum Gasteiger partial charge on any atom is 0.233 e. The van der Waals surface area contributed by atoms with Gasteiger partial charge in [0.25, 0.3) is 0 Å². The zero-order valence-electron chi connectivity index (χ0n) is 29.9. The molecule has 0 radical (unpaired) electrons. The second kappa shape index (κ2) is 9.57. The summed E-state index contributed by atoms with van der Waals surface area (Å²) in [4.78, 5) is 74.0. The minimum absolute atomic E-state index is 0.0140. The minimum atomic E-state index is -2.29. The number of fused-ring (bicyclic) bond motifs is 6. The Hall–Kier alpha value is -3.55. The van der Waals surface area contributed by atoms with Crippen LogP contribution in [0.5, 0.6) is 0 Å². The third-order valence-electron chi connectivity index (χ3n) is 13.3. The lowest BCUT2D eigenvalue weighted by molar-refractivity contribution is -0.155. The van der Waals surface area contributed by atoms with Crippen molar-refractivity contribution < 1.29 is 38.9 Å². The van der Waals surface area contributed by atoms with Gasteiger partial charge < -0.3 is 14.9 Å². The maximum absolute atomic E-state index is 15.8. The van der Waals surface area contributed by atoms with Crippen LogP contribution in [0, 0.1) is 45.3 Å². The van der Waals surface area contributed by atoms with Crippen LogP contribution in [0.25, 0.3) is 0 Å². The normalized spacial score (nSPS) is 37.1. The number of ketones is 5. The van der Waals surface area contributed by atoms with E-state index in [0.717, 1.165) is 6.42 Å².